The first-order valence-corrected chi connectivity index (χ1v) is 7.28. The molecule has 0 spiro atoms. The number of hydrogen-bond donors (Lipinski definition) is 1. The molecule has 0 atom stereocenters. The van der Waals surface area contributed by atoms with Crippen molar-refractivity contribution in [2.24, 2.45) is 0 Å². The molecule has 3 rings (SSSR count). The fourth-order valence-corrected chi connectivity index (χ4v) is 3.21. The number of benzene rings is 1. The molecule has 2 N–H and O–H groups in total. The monoisotopic (exact) mass is 331 g/mol. The molecule has 0 amide bonds. The molecule has 1 aromatic carbocycles. The number of nitrogens with zero attached hydrogens (tertiary/aromatic N) is 2. The highest BCUT2D eigenvalue weighted by molar-refractivity contribution is 9.10. The number of anilines is 1. The zero-order valence-electron chi connectivity index (χ0n) is 9.88. The van der Waals surface area contributed by atoms with Crippen LogP contribution in [0.25, 0.3) is 10.9 Å². The van der Waals surface area contributed by atoms with Gasteiger partial charge < -0.3 is 5.73 Å². The molecule has 94 valence electrons. The second-order valence-electron chi connectivity index (χ2n) is 3.95. The summed E-state index contributed by atoms with van der Waals surface area (Å²) >= 11 is 5.05. The fraction of sp³-hybridized carbons (Fsp3) is 0. The van der Waals surface area contributed by atoms with Crippen molar-refractivity contribution in [2.75, 3.05) is 5.73 Å². The molecule has 2 heterocycles. The van der Waals surface area contributed by atoms with Crippen molar-refractivity contribution in [1.82, 2.24) is 9.97 Å². The van der Waals surface area contributed by atoms with E-state index >= 15 is 0 Å². The fourth-order valence-electron chi connectivity index (χ4n) is 1.79. The number of halogens is 1. The highest BCUT2D eigenvalue weighted by atomic mass is 79.9. The van der Waals surface area contributed by atoms with Crippen LogP contribution in [0, 0.1) is 0 Å². The maximum absolute atomic E-state index is 6.06. The van der Waals surface area contributed by atoms with Gasteiger partial charge in [0.05, 0.1) is 21.9 Å². The third-order valence-electron chi connectivity index (χ3n) is 2.68. The van der Waals surface area contributed by atoms with Gasteiger partial charge in [0.1, 0.15) is 5.03 Å². The average molecular weight is 332 g/mol. The Morgan fingerprint density at radius 3 is 2.74 bits per heavy atom. The molecule has 0 fully saturated rings. The number of rotatable bonds is 2. The molecule has 0 saturated carbocycles. The number of fused-ring (bicyclic) bond motifs is 1. The molecular formula is C14H10BrN3S. The number of nitrogen functional groups attached to an aromatic ring is 1. The van der Waals surface area contributed by atoms with E-state index in [1.165, 1.54) is 0 Å². The summed E-state index contributed by atoms with van der Waals surface area (Å²) in [6.07, 6.45) is 3.47. The van der Waals surface area contributed by atoms with Crippen LogP contribution in [0.5, 0.6) is 0 Å². The predicted octanol–water partition coefficient (Wildman–Crippen LogP) is 4.13. The molecule has 5 heteroatoms. The average Bonchev–Trinajstić information content (AvgIpc) is 2.44. The van der Waals surface area contributed by atoms with Gasteiger partial charge in [0.25, 0.3) is 0 Å². The van der Waals surface area contributed by atoms with Crippen LogP contribution in [0.4, 0.5) is 5.69 Å². The summed E-state index contributed by atoms with van der Waals surface area (Å²) in [5, 5.41) is 1.94. The van der Waals surface area contributed by atoms with Crippen LogP contribution in [0.3, 0.4) is 0 Å². The van der Waals surface area contributed by atoms with Crippen LogP contribution in [0.1, 0.15) is 0 Å². The van der Waals surface area contributed by atoms with Crippen LogP contribution < -0.4 is 5.73 Å². The number of nitrogens with two attached hydrogens (primary N) is 1. The molecule has 0 saturated heterocycles. The summed E-state index contributed by atoms with van der Waals surface area (Å²) in [5.74, 6) is 0. The largest absolute Gasteiger partial charge is 0.397 e. The summed E-state index contributed by atoms with van der Waals surface area (Å²) in [4.78, 5) is 9.69. The summed E-state index contributed by atoms with van der Waals surface area (Å²) in [6.45, 7) is 0. The van der Waals surface area contributed by atoms with Crippen LogP contribution in [0.2, 0.25) is 0 Å². The maximum atomic E-state index is 6.06. The minimum Gasteiger partial charge on any atom is -0.397 e. The molecule has 0 unspecified atom stereocenters. The highest BCUT2D eigenvalue weighted by Gasteiger charge is 2.10. The van der Waals surface area contributed by atoms with Gasteiger partial charge in [-0.2, -0.15) is 0 Å². The topological polar surface area (TPSA) is 51.8 Å². The van der Waals surface area contributed by atoms with Crippen molar-refractivity contribution < 1.29 is 0 Å². The third-order valence-corrected chi connectivity index (χ3v) is 4.76. The van der Waals surface area contributed by atoms with E-state index in [4.69, 9.17) is 5.73 Å². The van der Waals surface area contributed by atoms with Crippen molar-refractivity contribution in [3.63, 3.8) is 0 Å². The summed E-state index contributed by atoms with van der Waals surface area (Å²) in [7, 11) is 0. The van der Waals surface area contributed by atoms with Gasteiger partial charge in [-0.05, 0) is 34.1 Å². The SMILES string of the molecule is Nc1cnc2ccccc2c1Sc1ncccc1Br. The first-order chi connectivity index (χ1) is 9.25. The van der Waals surface area contributed by atoms with Crippen molar-refractivity contribution in [1.29, 1.82) is 0 Å². The number of pyridine rings is 2. The van der Waals surface area contributed by atoms with Crippen LogP contribution in [0.15, 0.2) is 63.2 Å². The Morgan fingerprint density at radius 2 is 1.89 bits per heavy atom. The van der Waals surface area contributed by atoms with Gasteiger partial charge in [0.2, 0.25) is 0 Å². The molecule has 19 heavy (non-hydrogen) atoms. The molecule has 0 aliphatic rings. The lowest BCUT2D eigenvalue weighted by molar-refractivity contribution is 1.11. The van der Waals surface area contributed by atoms with E-state index in [-0.39, 0.29) is 0 Å². The zero-order chi connectivity index (χ0) is 13.2. The van der Waals surface area contributed by atoms with Crippen molar-refractivity contribution in [3.8, 4) is 0 Å². The van der Waals surface area contributed by atoms with E-state index in [9.17, 15) is 0 Å². The molecular weight excluding hydrogens is 322 g/mol. The van der Waals surface area contributed by atoms with E-state index < -0.39 is 0 Å². The molecule has 0 radical (unpaired) electrons. The van der Waals surface area contributed by atoms with Gasteiger partial charge in [0, 0.05) is 16.5 Å². The molecule has 3 aromatic rings. The molecule has 0 bridgehead atoms. The van der Waals surface area contributed by atoms with Crippen molar-refractivity contribution >= 4 is 44.3 Å². The lowest BCUT2D eigenvalue weighted by Crippen LogP contribution is -1.93. The number of hydrogen-bond acceptors (Lipinski definition) is 4. The predicted molar refractivity (Wildman–Crippen MR) is 82.2 cm³/mol. The second kappa shape index (κ2) is 5.19. The van der Waals surface area contributed by atoms with Crippen LogP contribution in [-0.2, 0) is 0 Å². The molecule has 0 aliphatic carbocycles. The maximum Gasteiger partial charge on any atom is 0.115 e. The molecule has 3 nitrogen and oxygen atoms in total. The number of aromatic nitrogens is 2. The summed E-state index contributed by atoms with van der Waals surface area (Å²) in [5.41, 5.74) is 7.66. The van der Waals surface area contributed by atoms with Gasteiger partial charge in [-0.15, -0.1) is 0 Å². The van der Waals surface area contributed by atoms with E-state index in [1.807, 2.05) is 36.4 Å². The number of para-hydroxylation sites is 1. The standard InChI is InChI=1S/C14H10BrN3S/c15-10-5-3-7-17-14(10)19-13-9-4-1-2-6-12(9)18-8-11(13)16/h1-8H,16H2. The Kier molecular flexibility index (Phi) is 3.40. The first-order valence-electron chi connectivity index (χ1n) is 5.67. The van der Waals surface area contributed by atoms with E-state index in [0.717, 1.165) is 25.3 Å². The van der Waals surface area contributed by atoms with E-state index in [2.05, 4.69) is 25.9 Å². The zero-order valence-corrected chi connectivity index (χ0v) is 12.3. The first kappa shape index (κ1) is 12.4. The lowest BCUT2D eigenvalue weighted by atomic mass is 10.2. The minimum absolute atomic E-state index is 0.668. The van der Waals surface area contributed by atoms with Crippen molar-refractivity contribution in [2.45, 2.75) is 9.92 Å². The van der Waals surface area contributed by atoms with Gasteiger partial charge in [-0.1, -0.05) is 30.0 Å². The Balaban J connectivity index is 2.15. The lowest BCUT2D eigenvalue weighted by Gasteiger charge is -2.09. The summed E-state index contributed by atoms with van der Waals surface area (Å²) < 4.78 is 0.959. The van der Waals surface area contributed by atoms with Gasteiger partial charge >= 0.3 is 0 Å². The van der Waals surface area contributed by atoms with Gasteiger partial charge in [-0.3, -0.25) is 4.98 Å². The Morgan fingerprint density at radius 1 is 1.05 bits per heavy atom. The smallest absolute Gasteiger partial charge is 0.115 e. The van der Waals surface area contributed by atoms with Crippen molar-refractivity contribution in [3.05, 3.63) is 53.3 Å². The summed E-state index contributed by atoms with van der Waals surface area (Å²) in [6, 6.07) is 11.8. The quantitative estimate of drug-likeness (QED) is 0.767. The van der Waals surface area contributed by atoms with E-state index in [0.29, 0.717) is 5.69 Å². The molecule has 0 aliphatic heterocycles. The van der Waals surface area contributed by atoms with Gasteiger partial charge in [0.15, 0.2) is 0 Å². The Labute approximate surface area is 123 Å². The normalized spacial score (nSPS) is 10.8. The third kappa shape index (κ3) is 2.43. The highest BCUT2D eigenvalue weighted by Crippen LogP contribution is 2.38. The van der Waals surface area contributed by atoms with Gasteiger partial charge in [-0.25, -0.2) is 4.98 Å². The van der Waals surface area contributed by atoms with E-state index in [1.54, 1.807) is 24.2 Å². The second-order valence-corrected chi connectivity index (χ2v) is 5.81. The minimum atomic E-state index is 0.668. The Hall–Kier alpha value is -1.59. The van der Waals surface area contributed by atoms with Crippen LogP contribution in [-0.4, -0.2) is 9.97 Å². The Bertz CT molecular complexity index is 746. The molecule has 2 aromatic heterocycles. The van der Waals surface area contributed by atoms with Crippen LogP contribution >= 0.6 is 27.7 Å².